The van der Waals surface area contributed by atoms with Crippen LogP contribution in [0.1, 0.15) is 17.0 Å². The summed E-state index contributed by atoms with van der Waals surface area (Å²) in [5, 5.41) is 6.73. The van der Waals surface area contributed by atoms with E-state index in [0.29, 0.717) is 34.8 Å². The number of nitrogens with zero attached hydrogens (tertiary/aromatic N) is 5. The van der Waals surface area contributed by atoms with E-state index in [9.17, 15) is 0 Å². The fraction of sp³-hybridized carbons (Fsp3) is 0.379. The van der Waals surface area contributed by atoms with Crippen LogP contribution >= 0.6 is 12.2 Å². The van der Waals surface area contributed by atoms with E-state index in [4.69, 9.17) is 40.9 Å². The molecule has 0 spiro atoms. The van der Waals surface area contributed by atoms with E-state index >= 15 is 0 Å². The number of hydrogen-bond acceptors (Lipinski definition) is 9. The highest BCUT2D eigenvalue weighted by atomic mass is 32.1. The minimum Gasteiger partial charge on any atom is -0.493 e. The third kappa shape index (κ3) is 6.92. The average molecular weight is 594 g/mol. The fourth-order valence-electron chi connectivity index (χ4n) is 4.88. The normalized spacial score (nSPS) is 14.9. The Labute approximate surface area is 250 Å². The molecule has 3 heterocycles. The third-order valence-corrected chi connectivity index (χ3v) is 7.04. The van der Waals surface area contributed by atoms with Crippen LogP contribution in [0.5, 0.6) is 28.7 Å². The lowest BCUT2D eigenvalue weighted by molar-refractivity contribution is 0.172. The lowest BCUT2D eigenvalue weighted by Gasteiger charge is -2.36. The van der Waals surface area contributed by atoms with Gasteiger partial charge in [-0.15, -0.1) is 0 Å². The van der Waals surface area contributed by atoms with Gasteiger partial charge >= 0.3 is 0 Å². The summed E-state index contributed by atoms with van der Waals surface area (Å²) in [7, 11) is 4.69. The Hall–Kier alpha value is -4.36. The largest absolute Gasteiger partial charge is 0.493 e. The summed E-state index contributed by atoms with van der Waals surface area (Å²) >= 11 is 5.67. The van der Waals surface area contributed by atoms with E-state index in [-0.39, 0.29) is 11.9 Å². The number of methoxy groups -OCH3 is 3. The molecule has 12 nitrogen and oxygen atoms in total. The maximum Gasteiger partial charge on any atom is 0.231 e. The van der Waals surface area contributed by atoms with Gasteiger partial charge in [0.2, 0.25) is 29.6 Å². The van der Waals surface area contributed by atoms with Gasteiger partial charge in [-0.2, -0.15) is 4.99 Å². The van der Waals surface area contributed by atoms with Crippen molar-refractivity contribution in [2.75, 3.05) is 64.9 Å². The van der Waals surface area contributed by atoms with E-state index in [1.165, 1.54) is 5.56 Å². The van der Waals surface area contributed by atoms with Crippen molar-refractivity contribution >= 4 is 34.9 Å². The van der Waals surface area contributed by atoms with Gasteiger partial charge in [0.25, 0.3) is 0 Å². The number of ether oxygens (including phenoxy) is 5. The molecular weight excluding hydrogens is 558 g/mol. The van der Waals surface area contributed by atoms with Crippen molar-refractivity contribution in [2.45, 2.75) is 20.4 Å². The molecule has 2 aliphatic rings. The molecule has 0 unspecified atom stereocenters. The minimum atomic E-state index is 0.249. The molecule has 0 aliphatic carbocycles. The Morgan fingerprint density at radius 1 is 0.881 bits per heavy atom. The number of fused-ring (bicyclic) bond motifs is 1. The lowest BCUT2D eigenvalue weighted by Crippen LogP contribution is -2.50. The molecule has 0 amide bonds. The predicted octanol–water partition coefficient (Wildman–Crippen LogP) is 3.83. The summed E-state index contributed by atoms with van der Waals surface area (Å²) in [5.74, 6) is 4.12. The number of hydrogen-bond donors (Lipinski definition) is 2. The molecule has 2 aromatic carbocycles. The van der Waals surface area contributed by atoms with Gasteiger partial charge in [-0.25, -0.2) is 9.97 Å². The summed E-state index contributed by atoms with van der Waals surface area (Å²) in [4.78, 5) is 18.4. The molecular formula is C29H35N7O5S. The van der Waals surface area contributed by atoms with Crippen LogP contribution in [0.4, 0.5) is 11.6 Å². The Morgan fingerprint density at radius 3 is 2.19 bits per heavy atom. The van der Waals surface area contributed by atoms with Crippen LogP contribution in [0.2, 0.25) is 0 Å². The summed E-state index contributed by atoms with van der Waals surface area (Å²) in [6.07, 6.45) is 0. The molecule has 5 rings (SSSR count). The van der Waals surface area contributed by atoms with E-state index in [1.54, 1.807) is 33.5 Å². The molecule has 0 saturated carbocycles. The third-order valence-electron chi connectivity index (χ3n) is 6.84. The van der Waals surface area contributed by atoms with Gasteiger partial charge in [0.1, 0.15) is 0 Å². The number of anilines is 2. The van der Waals surface area contributed by atoms with Crippen LogP contribution in [0.25, 0.3) is 0 Å². The SMILES string of the molecule is COc1cc(NC(=S)/N=C(\Nc2nc(C)cc(C)n2)N2CCN(Cc3ccc4c(c3)OCO4)CC2)cc(OC)c1OC. The summed E-state index contributed by atoms with van der Waals surface area (Å²) < 4.78 is 27.4. The monoisotopic (exact) mass is 593 g/mol. The van der Waals surface area contributed by atoms with Gasteiger partial charge in [-0.05, 0) is 49.8 Å². The molecule has 1 saturated heterocycles. The van der Waals surface area contributed by atoms with Gasteiger partial charge in [-0.3, -0.25) is 10.2 Å². The second-order valence-electron chi connectivity index (χ2n) is 9.83. The maximum atomic E-state index is 5.67. The highest BCUT2D eigenvalue weighted by molar-refractivity contribution is 7.80. The van der Waals surface area contributed by atoms with Crippen LogP contribution < -0.4 is 34.3 Å². The number of rotatable bonds is 7. The molecule has 2 N–H and O–H groups in total. The number of aryl methyl sites for hydroxylation is 2. The van der Waals surface area contributed by atoms with E-state index in [2.05, 4.69) is 36.5 Å². The zero-order chi connectivity index (χ0) is 29.6. The van der Waals surface area contributed by atoms with Crippen molar-refractivity contribution in [3.8, 4) is 28.7 Å². The first-order valence-corrected chi connectivity index (χ1v) is 13.9. The van der Waals surface area contributed by atoms with Crippen molar-refractivity contribution < 1.29 is 23.7 Å². The second-order valence-corrected chi connectivity index (χ2v) is 10.2. The molecule has 0 atom stereocenters. The Balaban J connectivity index is 1.32. The maximum absolute atomic E-state index is 5.67. The number of guanidine groups is 1. The van der Waals surface area contributed by atoms with E-state index in [1.807, 2.05) is 32.0 Å². The first-order chi connectivity index (χ1) is 20.3. The molecule has 222 valence electrons. The number of piperazine rings is 1. The molecule has 0 bridgehead atoms. The van der Waals surface area contributed by atoms with Crippen LogP contribution in [0.3, 0.4) is 0 Å². The zero-order valence-electron chi connectivity index (χ0n) is 24.4. The van der Waals surface area contributed by atoms with Gasteiger partial charge in [0.15, 0.2) is 23.0 Å². The zero-order valence-corrected chi connectivity index (χ0v) is 25.2. The predicted molar refractivity (Wildman–Crippen MR) is 164 cm³/mol. The van der Waals surface area contributed by atoms with Crippen molar-refractivity contribution in [1.29, 1.82) is 0 Å². The van der Waals surface area contributed by atoms with Crippen molar-refractivity contribution in [2.24, 2.45) is 4.99 Å². The summed E-state index contributed by atoms with van der Waals surface area (Å²) in [6, 6.07) is 11.6. The molecule has 13 heteroatoms. The summed E-state index contributed by atoms with van der Waals surface area (Å²) in [6.45, 7) is 8.07. The van der Waals surface area contributed by atoms with Gasteiger partial charge in [0, 0.05) is 61.9 Å². The van der Waals surface area contributed by atoms with Gasteiger partial charge in [-0.1, -0.05) is 6.07 Å². The summed E-state index contributed by atoms with van der Waals surface area (Å²) in [5.41, 5.74) is 3.54. The van der Waals surface area contributed by atoms with E-state index in [0.717, 1.165) is 55.6 Å². The second kappa shape index (κ2) is 13.1. The van der Waals surface area contributed by atoms with Crippen molar-refractivity contribution in [1.82, 2.24) is 19.8 Å². The molecule has 42 heavy (non-hydrogen) atoms. The van der Waals surface area contributed by atoms with Gasteiger partial charge < -0.3 is 33.9 Å². The van der Waals surface area contributed by atoms with Crippen LogP contribution in [0, 0.1) is 13.8 Å². The Kier molecular flexibility index (Phi) is 9.08. The number of nitrogens with one attached hydrogen (secondary N) is 2. The van der Waals surface area contributed by atoms with Gasteiger partial charge in [0.05, 0.1) is 21.3 Å². The fourth-order valence-corrected chi connectivity index (χ4v) is 5.08. The van der Waals surface area contributed by atoms with Crippen LogP contribution in [-0.2, 0) is 6.54 Å². The molecule has 0 radical (unpaired) electrons. The Bertz CT molecular complexity index is 1430. The number of thiocarbonyl (C=S) groups is 1. The molecule has 1 aromatic heterocycles. The first kappa shape index (κ1) is 29.1. The van der Waals surface area contributed by atoms with Crippen molar-refractivity contribution in [3.05, 3.63) is 53.3 Å². The molecule has 1 fully saturated rings. The lowest BCUT2D eigenvalue weighted by atomic mass is 10.1. The minimum absolute atomic E-state index is 0.249. The van der Waals surface area contributed by atoms with Crippen molar-refractivity contribution in [3.63, 3.8) is 0 Å². The van der Waals surface area contributed by atoms with E-state index < -0.39 is 0 Å². The quantitative estimate of drug-likeness (QED) is 0.236. The molecule has 3 aromatic rings. The van der Waals surface area contributed by atoms with Crippen LogP contribution in [0.15, 0.2) is 41.4 Å². The first-order valence-electron chi connectivity index (χ1n) is 13.5. The Morgan fingerprint density at radius 2 is 1.55 bits per heavy atom. The molecule has 2 aliphatic heterocycles. The average Bonchev–Trinajstić information content (AvgIpc) is 3.44. The smallest absolute Gasteiger partial charge is 0.231 e. The van der Waals surface area contributed by atoms with Crippen LogP contribution in [-0.4, -0.2) is 85.1 Å². The topological polar surface area (TPSA) is 115 Å². The standard InChI is InChI=1S/C29H35N7O5S/c1-18-12-19(2)31-27(30-18)33-28(34-29(42)32-21-14-24(37-3)26(39-5)25(15-21)38-4)36-10-8-35(9-11-36)16-20-6-7-22-23(13-20)41-17-40-22/h6-7,12-15H,8-11,16-17H2,1-5H3,(H2,30,31,32,33,34,42). The number of benzene rings is 2. The number of aliphatic imine (C=N–C) groups is 1. The highest BCUT2D eigenvalue weighted by Crippen LogP contribution is 2.40. The number of aromatic nitrogens is 2. The highest BCUT2D eigenvalue weighted by Gasteiger charge is 2.23.